The molecule has 7 heteroatoms. The van der Waals surface area contributed by atoms with Crippen LogP contribution in [0.25, 0.3) is 0 Å². The molecule has 2 aromatic carbocycles. The van der Waals surface area contributed by atoms with E-state index in [4.69, 9.17) is 4.42 Å². The average Bonchev–Trinajstić information content (AvgIpc) is 3.58. The van der Waals surface area contributed by atoms with Crippen LogP contribution >= 0.6 is 11.8 Å². The predicted octanol–water partition coefficient (Wildman–Crippen LogP) is 3.73. The number of piperazine rings is 1. The van der Waals surface area contributed by atoms with Crippen molar-refractivity contribution < 1.29 is 14.0 Å². The lowest BCUT2D eigenvalue weighted by molar-refractivity contribution is -0.136. The van der Waals surface area contributed by atoms with Crippen LogP contribution < -0.4 is 0 Å². The van der Waals surface area contributed by atoms with Crippen LogP contribution in [0.2, 0.25) is 0 Å². The normalized spacial score (nSPS) is 19.2. The monoisotopic (exact) mass is 461 g/mol. The molecule has 33 heavy (non-hydrogen) atoms. The van der Waals surface area contributed by atoms with Gasteiger partial charge in [-0.15, -0.1) is 11.8 Å². The maximum absolute atomic E-state index is 13.4. The van der Waals surface area contributed by atoms with Gasteiger partial charge in [0.15, 0.2) is 5.76 Å². The third-order valence-corrected chi connectivity index (χ3v) is 7.39. The summed E-state index contributed by atoms with van der Waals surface area (Å²) in [7, 11) is 0. The maximum Gasteiger partial charge on any atom is 0.290 e. The zero-order valence-corrected chi connectivity index (χ0v) is 19.2. The van der Waals surface area contributed by atoms with Gasteiger partial charge in [-0.05, 0) is 23.3 Å². The molecular formula is C26H27N3O3S. The molecule has 0 saturated carbocycles. The van der Waals surface area contributed by atoms with Gasteiger partial charge >= 0.3 is 0 Å². The van der Waals surface area contributed by atoms with E-state index in [1.54, 1.807) is 28.8 Å². The Hall–Kier alpha value is -3.03. The number of benzene rings is 2. The van der Waals surface area contributed by atoms with Crippen molar-refractivity contribution in [3.05, 3.63) is 95.9 Å². The second-order valence-corrected chi connectivity index (χ2v) is 9.35. The van der Waals surface area contributed by atoms with Gasteiger partial charge in [0.2, 0.25) is 5.91 Å². The van der Waals surface area contributed by atoms with Gasteiger partial charge in [0.1, 0.15) is 6.04 Å². The van der Waals surface area contributed by atoms with E-state index in [0.717, 1.165) is 13.1 Å². The third-order valence-electron chi connectivity index (χ3n) is 6.38. The molecule has 1 aromatic heterocycles. The largest absolute Gasteiger partial charge is 0.459 e. The lowest BCUT2D eigenvalue weighted by atomic mass is 9.96. The Morgan fingerprint density at radius 3 is 2.06 bits per heavy atom. The first kappa shape index (κ1) is 21.8. The van der Waals surface area contributed by atoms with E-state index < -0.39 is 6.04 Å². The van der Waals surface area contributed by atoms with E-state index in [9.17, 15) is 9.59 Å². The van der Waals surface area contributed by atoms with E-state index in [1.807, 2.05) is 17.0 Å². The molecule has 2 amide bonds. The highest BCUT2D eigenvalue weighted by Crippen LogP contribution is 2.30. The molecule has 3 heterocycles. The highest BCUT2D eigenvalue weighted by Gasteiger charge is 2.39. The lowest BCUT2D eigenvalue weighted by Gasteiger charge is -2.41. The van der Waals surface area contributed by atoms with Gasteiger partial charge in [0.25, 0.3) is 5.91 Å². The first-order valence-corrected chi connectivity index (χ1v) is 12.4. The quantitative estimate of drug-likeness (QED) is 0.580. The van der Waals surface area contributed by atoms with Gasteiger partial charge < -0.3 is 14.2 Å². The number of hydrogen-bond donors (Lipinski definition) is 0. The summed E-state index contributed by atoms with van der Waals surface area (Å²) in [6.07, 6.45) is 1.49. The number of amides is 2. The van der Waals surface area contributed by atoms with Crippen molar-refractivity contribution in [1.82, 2.24) is 14.7 Å². The van der Waals surface area contributed by atoms with Gasteiger partial charge in [-0.3, -0.25) is 14.5 Å². The van der Waals surface area contributed by atoms with Crippen molar-refractivity contribution in [3.8, 4) is 0 Å². The smallest absolute Gasteiger partial charge is 0.290 e. The van der Waals surface area contributed by atoms with E-state index >= 15 is 0 Å². The lowest BCUT2D eigenvalue weighted by Crippen LogP contribution is -2.55. The molecule has 1 unspecified atom stereocenters. The fourth-order valence-electron chi connectivity index (χ4n) is 4.69. The SMILES string of the molecule is O=C(C1CSCN1C(=O)c1ccco1)N1CCN(C(c2ccccc2)c2ccccc2)CC1. The second kappa shape index (κ2) is 9.85. The van der Waals surface area contributed by atoms with Crippen LogP contribution in [0.3, 0.4) is 0 Å². The summed E-state index contributed by atoms with van der Waals surface area (Å²) in [4.78, 5) is 32.2. The van der Waals surface area contributed by atoms with Crippen LogP contribution in [0.1, 0.15) is 27.7 Å². The number of carbonyl (C=O) groups excluding carboxylic acids is 2. The molecule has 2 aliphatic rings. The summed E-state index contributed by atoms with van der Waals surface area (Å²) in [6, 6.07) is 24.1. The second-order valence-electron chi connectivity index (χ2n) is 8.35. The first-order valence-electron chi connectivity index (χ1n) is 11.3. The summed E-state index contributed by atoms with van der Waals surface area (Å²) in [5.41, 5.74) is 2.51. The summed E-state index contributed by atoms with van der Waals surface area (Å²) in [5.74, 6) is 1.25. The molecule has 3 aromatic rings. The first-order chi connectivity index (χ1) is 16.2. The number of hydrogen-bond acceptors (Lipinski definition) is 5. The van der Waals surface area contributed by atoms with Gasteiger partial charge in [-0.25, -0.2) is 0 Å². The van der Waals surface area contributed by atoms with Crippen molar-refractivity contribution >= 4 is 23.6 Å². The van der Waals surface area contributed by atoms with Gasteiger partial charge in [0, 0.05) is 31.9 Å². The Morgan fingerprint density at radius 1 is 0.848 bits per heavy atom. The maximum atomic E-state index is 13.4. The average molecular weight is 462 g/mol. The summed E-state index contributed by atoms with van der Waals surface area (Å²) < 4.78 is 5.27. The summed E-state index contributed by atoms with van der Waals surface area (Å²) in [6.45, 7) is 2.87. The van der Waals surface area contributed by atoms with E-state index in [1.165, 1.54) is 17.4 Å². The molecule has 0 aliphatic carbocycles. The molecule has 2 aliphatic heterocycles. The van der Waals surface area contributed by atoms with Gasteiger partial charge in [0.05, 0.1) is 18.2 Å². The molecule has 6 nitrogen and oxygen atoms in total. The Labute approximate surface area is 198 Å². The van der Waals surface area contributed by atoms with Crippen LogP contribution in [0, 0.1) is 0 Å². The molecular weight excluding hydrogens is 434 g/mol. The van der Waals surface area contributed by atoms with Crippen molar-refractivity contribution in [1.29, 1.82) is 0 Å². The van der Waals surface area contributed by atoms with E-state index in [2.05, 4.69) is 53.4 Å². The summed E-state index contributed by atoms with van der Waals surface area (Å²) in [5, 5.41) is 0. The molecule has 2 saturated heterocycles. The number of rotatable bonds is 5. The van der Waals surface area contributed by atoms with E-state index in [-0.39, 0.29) is 23.6 Å². The van der Waals surface area contributed by atoms with Crippen LogP contribution in [-0.2, 0) is 4.79 Å². The molecule has 0 bridgehead atoms. The van der Waals surface area contributed by atoms with Gasteiger partial charge in [-0.2, -0.15) is 0 Å². The molecule has 2 fully saturated rings. The Balaban J connectivity index is 1.28. The molecule has 0 spiro atoms. The topological polar surface area (TPSA) is 57.0 Å². The van der Waals surface area contributed by atoms with Crippen LogP contribution in [0.15, 0.2) is 83.5 Å². The molecule has 5 rings (SSSR count). The molecule has 170 valence electrons. The van der Waals surface area contributed by atoms with Gasteiger partial charge in [-0.1, -0.05) is 60.7 Å². The van der Waals surface area contributed by atoms with Crippen LogP contribution in [0.4, 0.5) is 0 Å². The van der Waals surface area contributed by atoms with Crippen molar-refractivity contribution in [2.45, 2.75) is 12.1 Å². The van der Waals surface area contributed by atoms with Crippen molar-refractivity contribution in [2.75, 3.05) is 37.8 Å². The molecule has 1 atom stereocenters. The Kier molecular flexibility index (Phi) is 6.51. The van der Waals surface area contributed by atoms with Crippen molar-refractivity contribution in [2.24, 2.45) is 0 Å². The van der Waals surface area contributed by atoms with Crippen LogP contribution in [0.5, 0.6) is 0 Å². The zero-order chi connectivity index (χ0) is 22.6. The highest BCUT2D eigenvalue weighted by atomic mass is 32.2. The summed E-state index contributed by atoms with van der Waals surface area (Å²) >= 11 is 1.61. The standard InChI is InChI=1S/C26H27N3O3S/c30-25(22-18-33-19-29(22)26(31)23-12-7-17-32-23)28-15-13-27(14-16-28)24(20-8-3-1-4-9-20)21-10-5-2-6-11-21/h1-12,17,22,24H,13-16,18-19H2. The zero-order valence-electron chi connectivity index (χ0n) is 18.4. The number of carbonyl (C=O) groups is 2. The van der Waals surface area contributed by atoms with E-state index in [0.29, 0.717) is 24.7 Å². The minimum atomic E-state index is -0.432. The number of furan rings is 1. The number of thioether (sulfide) groups is 1. The minimum Gasteiger partial charge on any atom is -0.459 e. The number of nitrogens with zero attached hydrogens (tertiary/aromatic N) is 3. The molecule has 0 radical (unpaired) electrons. The fraction of sp³-hybridized carbons (Fsp3) is 0.308. The van der Waals surface area contributed by atoms with Crippen LogP contribution in [-0.4, -0.2) is 70.4 Å². The minimum absolute atomic E-state index is 0.0375. The fourth-order valence-corrected chi connectivity index (χ4v) is 5.83. The third kappa shape index (κ3) is 4.56. The molecule has 0 N–H and O–H groups in total. The highest BCUT2D eigenvalue weighted by molar-refractivity contribution is 7.99. The predicted molar refractivity (Wildman–Crippen MR) is 129 cm³/mol. The Morgan fingerprint density at radius 2 is 1.48 bits per heavy atom. The van der Waals surface area contributed by atoms with Crippen molar-refractivity contribution in [3.63, 3.8) is 0 Å². The Bertz CT molecular complexity index is 1030.